The lowest BCUT2D eigenvalue weighted by Gasteiger charge is -2.27. The van der Waals surface area contributed by atoms with Crippen molar-refractivity contribution in [1.29, 1.82) is 0 Å². The van der Waals surface area contributed by atoms with Gasteiger partial charge in [-0.1, -0.05) is 0 Å². The van der Waals surface area contributed by atoms with Crippen LogP contribution < -0.4 is 5.32 Å². The minimum atomic E-state index is -5.29. The molecule has 92 valence electrons. The zero-order valence-electron chi connectivity index (χ0n) is 8.07. The van der Waals surface area contributed by atoms with Crippen LogP contribution >= 0.6 is 0 Å². The summed E-state index contributed by atoms with van der Waals surface area (Å²) in [5, 5.41) is 2.72. The van der Waals surface area contributed by atoms with Crippen molar-refractivity contribution < 1.29 is 31.9 Å². The minimum Gasteiger partial charge on any atom is -0.384 e. The largest absolute Gasteiger partial charge is 0.491 e. The van der Waals surface area contributed by atoms with Gasteiger partial charge in [0.1, 0.15) is 0 Å². The average Bonchev–Trinajstić information content (AvgIpc) is 2.17. The maximum absolute atomic E-state index is 13.7. The first-order valence-electron chi connectivity index (χ1n) is 4.49. The molecule has 1 aliphatic rings. The molecule has 0 amide bonds. The van der Waals surface area contributed by atoms with Gasteiger partial charge >= 0.3 is 18.1 Å². The monoisotopic (exact) mass is 243 g/mol. The molecule has 0 aliphatic carbocycles. The molecule has 16 heavy (non-hydrogen) atoms. The van der Waals surface area contributed by atoms with Crippen LogP contribution in [0, 0.1) is 0 Å². The van der Waals surface area contributed by atoms with Crippen LogP contribution in [0.25, 0.3) is 0 Å². The molecule has 0 saturated carbocycles. The van der Waals surface area contributed by atoms with Crippen molar-refractivity contribution >= 4 is 11.9 Å². The summed E-state index contributed by atoms with van der Waals surface area (Å²) >= 11 is 0. The Kier molecular flexibility index (Phi) is 3.51. The third-order valence-electron chi connectivity index (χ3n) is 2.18. The highest BCUT2D eigenvalue weighted by atomic mass is 19.4. The molecule has 0 unspecified atom stereocenters. The lowest BCUT2D eigenvalue weighted by molar-refractivity contribution is -0.206. The normalized spacial score (nSPS) is 20.2. The third-order valence-corrected chi connectivity index (χ3v) is 2.18. The summed E-state index contributed by atoms with van der Waals surface area (Å²) in [6.07, 6.45) is -5.91. The predicted octanol–water partition coefficient (Wildman–Crippen LogP) is 0.710. The number of carbonyl (C=O) groups is 2. The molecule has 1 rings (SSSR count). The van der Waals surface area contributed by atoms with E-state index in [4.69, 9.17) is 0 Å². The van der Waals surface area contributed by atoms with E-state index >= 15 is 0 Å². The SMILES string of the molecule is O=C(OC(=O)C1(F)CCNCC1)C(F)(F)F. The lowest BCUT2D eigenvalue weighted by Crippen LogP contribution is -2.47. The highest BCUT2D eigenvalue weighted by Gasteiger charge is 2.48. The van der Waals surface area contributed by atoms with E-state index in [0.29, 0.717) is 0 Å². The quantitative estimate of drug-likeness (QED) is 0.418. The molecule has 1 fully saturated rings. The van der Waals surface area contributed by atoms with Gasteiger partial charge in [0.25, 0.3) is 0 Å². The highest BCUT2D eigenvalue weighted by Crippen LogP contribution is 2.26. The van der Waals surface area contributed by atoms with Crippen LogP contribution in [0.4, 0.5) is 17.6 Å². The lowest BCUT2D eigenvalue weighted by atomic mass is 9.95. The van der Waals surface area contributed by atoms with Gasteiger partial charge in [-0.15, -0.1) is 0 Å². The molecule has 1 N–H and O–H groups in total. The average molecular weight is 243 g/mol. The molecule has 0 aromatic rings. The number of esters is 2. The Morgan fingerprint density at radius 2 is 1.69 bits per heavy atom. The van der Waals surface area contributed by atoms with Crippen LogP contribution in [0.2, 0.25) is 0 Å². The van der Waals surface area contributed by atoms with Crippen molar-refractivity contribution in [2.75, 3.05) is 13.1 Å². The van der Waals surface area contributed by atoms with Crippen molar-refractivity contribution in [3.05, 3.63) is 0 Å². The van der Waals surface area contributed by atoms with Crippen LogP contribution in [0.1, 0.15) is 12.8 Å². The number of hydrogen-bond acceptors (Lipinski definition) is 4. The molecule has 4 nitrogen and oxygen atoms in total. The summed E-state index contributed by atoms with van der Waals surface area (Å²) < 4.78 is 52.4. The first-order valence-corrected chi connectivity index (χ1v) is 4.49. The van der Waals surface area contributed by atoms with E-state index in [1.807, 2.05) is 0 Å². The molecular formula is C8H9F4NO3. The Bertz CT molecular complexity index is 296. The summed E-state index contributed by atoms with van der Waals surface area (Å²) in [7, 11) is 0. The molecule has 1 aliphatic heterocycles. The van der Waals surface area contributed by atoms with Gasteiger partial charge < -0.3 is 10.1 Å². The topological polar surface area (TPSA) is 55.4 Å². The van der Waals surface area contributed by atoms with Crippen molar-refractivity contribution in [2.24, 2.45) is 0 Å². The zero-order valence-corrected chi connectivity index (χ0v) is 8.07. The van der Waals surface area contributed by atoms with E-state index in [9.17, 15) is 27.2 Å². The van der Waals surface area contributed by atoms with E-state index in [-0.39, 0.29) is 25.9 Å². The van der Waals surface area contributed by atoms with E-state index in [2.05, 4.69) is 10.1 Å². The molecule has 1 heterocycles. The van der Waals surface area contributed by atoms with Gasteiger partial charge in [0.2, 0.25) is 5.67 Å². The van der Waals surface area contributed by atoms with Crippen LogP contribution in [-0.2, 0) is 14.3 Å². The summed E-state index contributed by atoms with van der Waals surface area (Å²) in [5.74, 6) is -4.45. The predicted molar refractivity (Wildman–Crippen MR) is 43.1 cm³/mol. The van der Waals surface area contributed by atoms with Gasteiger partial charge in [-0.25, -0.2) is 14.0 Å². The van der Waals surface area contributed by atoms with Crippen molar-refractivity contribution in [3.8, 4) is 0 Å². The number of carbonyl (C=O) groups excluding carboxylic acids is 2. The van der Waals surface area contributed by atoms with Gasteiger partial charge in [-0.3, -0.25) is 0 Å². The van der Waals surface area contributed by atoms with Crippen LogP contribution in [-0.4, -0.2) is 36.9 Å². The van der Waals surface area contributed by atoms with E-state index in [1.165, 1.54) is 0 Å². The molecule has 0 aromatic heterocycles. The Balaban J connectivity index is 2.61. The van der Waals surface area contributed by atoms with Gasteiger partial charge in [-0.05, 0) is 13.1 Å². The van der Waals surface area contributed by atoms with E-state index in [1.54, 1.807) is 0 Å². The fourth-order valence-corrected chi connectivity index (χ4v) is 1.26. The second kappa shape index (κ2) is 4.36. The fraction of sp³-hybridized carbons (Fsp3) is 0.750. The number of nitrogens with one attached hydrogen (secondary N) is 1. The first-order chi connectivity index (χ1) is 7.26. The second-order valence-corrected chi connectivity index (χ2v) is 3.39. The smallest absolute Gasteiger partial charge is 0.384 e. The van der Waals surface area contributed by atoms with Gasteiger partial charge in [0.05, 0.1) is 0 Å². The number of ether oxygens (including phenoxy) is 1. The van der Waals surface area contributed by atoms with E-state index in [0.717, 1.165) is 0 Å². The van der Waals surface area contributed by atoms with Crippen molar-refractivity contribution in [1.82, 2.24) is 5.32 Å². The number of halogens is 4. The Morgan fingerprint density at radius 3 is 2.12 bits per heavy atom. The molecule has 0 bridgehead atoms. The molecule has 0 aromatic carbocycles. The molecular weight excluding hydrogens is 234 g/mol. The van der Waals surface area contributed by atoms with Crippen LogP contribution in [0.15, 0.2) is 0 Å². The number of alkyl halides is 4. The number of rotatable bonds is 1. The number of hydrogen-bond donors (Lipinski definition) is 1. The number of piperidine rings is 1. The van der Waals surface area contributed by atoms with Gasteiger partial charge in [-0.2, -0.15) is 13.2 Å². The Morgan fingerprint density at radius 1 is 1.19 bits per heavy atom. The maximum Gasteiger partial charge on any atom is 0.491 e. The fourth-order valence-electron chi connectivity index (χ4n) is 1.26. The van der Waals surface area contributed by atoms with Crippen molar-refractivity contribution in [2.45, 2.75) is 24.7 Å². The molecule has 8 heteroatoms. The summed E-state index contributed by atoms with van der Waals surface area (Å²) in [6, 6.07) is 0. The zero-order chi connectivity index (χ0) is 12.4. The van der Waals surface area contributed by atoms with Crippen molar-refractivity contribution in [3.63, 3.8) is 0 Å². The Hall–Kier alpha value is -1.18. The highest BCUT2D eigenvalue weighted by molar-refractivity contribution is 5.92. The minimum absolute atomic E-state index is 0.145. The molecule has 1 saturated heterocycles. The van der Waals surface area contributed by atoms with Gasteiger partial charge in [0.15, 0.2) is 0 Å². The van der Waals surface area contributed by atoms with E-state index < -0.39 is 23.8 Å². The standard InChI is InChI=1S/C8H9F4NO3/c9-7(1-3-13-4-2-7)5(14)16-6(15)8(10,11)12/h13H,1-4H2. The Labute approximate surface area is 87.9 Å². The maximum atomic E-state index is 13.7. The second-order valence-electron chi connectivity index (χ2n) is 3.39. The summed E-state index contributed by atoms with van der Waals surface area (Å²) in [6.45, 7) is 0.289. The molecule has 0 spiro atoms. The van der Waals surface area contributed by atoms with Crippen LogP contribution in [0.5, 0.6) is 0 Å². The van der Waals surface area contributed by atoms with Crippen LogP contribution in [0.3, 0.4) is 0 Å². The summed E-state index contributed by atoms with van der Waals surface area (Å²) in [4.78, 5) is 21.3. The summed E-state index contributed by atoms with van der Waals surface area (Å²) in [5.41, 5.74) is -2.51. The first kappa shape index (κ1) is 12.9. The molecule has 0 atom stereocenters. The van der Waals surface area contributed by atoms with Gasteiger partial charge in [0, 0.05) is 12.8 Å². The molecule has 0 radical (unpaired) electrons. The third kappa shape index (κ3) is 2.91.